The van der Waals surface area contributed by atoms with Gasteiger partial charge in [0.2, 0.25) is 0 Å². The molecule has 0 atom stereocenters. The van der Waals surface area contributed by atoms with Crippen molar-refractivity contribution in [2.45, 2.75) is 6.42 Å². The van der Waals surface area contributed by atoms with Crippen molar-refractivity contribution < 1.29 is 4.74 Å². The van der Waals surface area contributed by atoms with Crippen LogP contribution in [0, 0.1) is 4.77 Å². The van der Waals surface area contributed by atoms with E-state index in [1.165, 1.54) is 0 Å². The van der Waals surface area contributed by atoms with Gasteiger partial charge in [-0.2, -0.15) is 5.10 Å². The number of nitrogens with one attached hydrogen (secondary N) is 1. The van der Waals surface area contributed by atoms with Crippen LogP contribution in [-0.4, -0.2) is 71.4 Å². The lowest BCUT2D eigenvalue weighted by Crippen LogP contribution is -2.45. The molecule has 1 N–H and O–H groups in total. The fraction of sp³-hybridized carbons (Fsp3) is 0.500. The van der Waals surface area contributed by atoms with Gasteiger partial charge in [-0.1, -0.05) is 0 Å². The maximum absolute atomic E-state index is 5.40. The summed E-state index contributed by atoms with van der Waals surface area (Å²) in [7, 11) is 3.84. The summed E-state index contributed by atoms with van der Waals surface area (Å²) in [5.41, 5.74) is 1.01. The molecule has 1 aliphatic rings. The molecule has 0 amide bonds. The van der Waals surface area contributed by atoms with Gasteiger partial charge in [-0.25, -0.2) is 0 Å². The van der Waals surface area contributed by atoms with E-state index in [0.29, 0.717) is 4.77 Å². The van der Waals surface area contributed by atoms with Crippen LogP contribution in [0.1, 0.15) is 5.82 Å². The second-order valence-electron chi connectivity index (χ2n) is 5.87. The molecule has 2 aromatic rings. The van der Waals surface area contributed by atoms with Gasteiger partial charge in [-0.05, 0) is 43.5 Å². The second kappa shape index (κ2) is 7.25. The Balaban J connectivity index is 1.72. The number of likely N-dealkylation sites (N-methyl/N-ethyl adjacent to an activating group) is 1. The standard InChI is InChI=1S/C16H23N5OS/c1-19-9-11-20(12-10-19)8-7-15-17-18-16(23)21(15)13-3-5-14(22-2)6-4-13/h3-6H,7-12H2,1-2H3,(H,18,23). The van der Waals surface area contributed by atoms with Crippen LogP contribution in [-0.2, 0) is 6.42 Å². The largest absolute Gasteiger partial charge is 0.497 e. The molecule has 124 valence electrons. The normalized spacial score (nSPS) is 16.6. The van der Waals surface area contributed by atoms with Gasteiger partial charge in [0.15, 0.2) is 4.77 Å². The van der Waals surface area contributed by atoms with Crippen LogP contribution >= 0.6 is 12.2 Å². The quantitative estimate of drug-likeness (QED) is 0.845. The predicted octanol–water partition coefficient (Wildman–Crippen LogP) is 1.73. The number of H-pyrrole nitrogens is 1. The topological polar surface area (TPSA) is 49.3 Å². The lowest BCUT2D eigenvalue weighted by atomic mass is 10.2. The number of aromatic nitrogens is 3. The molecule has 1 fully saturated rings. The molecule has 0 saturated carbocycles. The fourth-order valence-electron chi connectivity index (χ4n) is 2.82. The third-order valence-corrected chi connectivity index (χ3v) is 4.59. The van der Waals surface area contributed by atoms with Crippen LogP contribution in [0.5, 0.6) is 5.75 Å². The van der Waals surface area contributed by atoms with Gasteiger partial charge < -0.3 is 14.5 Å². The van der Waals surface area contributed by atoms with Crippen molar-refractivity contribution >= 4 is 12.2 Å². The highest BCUT2D eigenvalue weighted by molar-refractivity contribution is 7.71. The number of rotatable bonds is 5. The summed E-state index contributed by atoms with van der Waals surface area (Å²) in [5, 5.41) is 7.33. The van der Waals surface area contributed by atoms with Gasteiger partial charge in [-0.15, -0.1) is 0 Å². The molecule has 23 heavy (non-hydrogen) atoms. The molecule has 1 saturated heterocycles. The summed E-state index contributed by atoms with van der Waals surface area (Å²) in [4.78, 5) is 4.85. The van der Waals surface area contributed by atoms with E-state index < -0.39 is 0 Å². The molecule has 1 aliphatic heterocycles. The number of ether oxygens (including phenoxy) is 1. The van der Waals surface area contributed by atoms with Crippen LogP contribution < -0.4 is 4.74 Å². The number of nitrogens with zero attached hydrogens (tertiary/aromatic N) is 4. The van der Waals surface area contributed by atoms with Gasteiger partial charge in [0.05, 0.1) is 7.11 Å². The Kier molecular flexibility index (Phi) is 5.09. The summed E-state index contributed by atoms with van der Waals surface area (Å²) in [5.74, 6) is 1.81. The average Bonchev–Trinajstić information content (AvgIpc) is 2.95. The van der Waals surface area contributed by atoms with Crippen molar-refractivity contribution in [3.05, 3.63) is 34.9 Å². The van der Waals surface area contributed by atoms with E-state index in [1.807, 2.05) is 28.8 Å². The monoisotopic (exact) mass is 333 g/mol. The molecule has 0 spiro atoms. The zero-order valence-electron chi connectivity index (χ0n) is 13.7. The summed E-state index contributed by atoms with van der Waals surface area (Å²) in [6.07, 6.45) is 0.878. The SMILES string of the molecule is COc1ccc(-n2c(CCN3CCN(C)CC3)n[nH]c2=S)cc1. The third-order valence-electron chi connectivity index (χ3n) is 4.32. The van der Waals surface area contributed by atoms with Crippen LogP contribution in [0.15, 0.2) is 24.3 Å². The molecule has 0 aliphatic carbocycles. The van der Waals surface area contributed by atoms with Gasteiger partial charge in [0.25, 0.3) is 0 Å². The summed E-state index contributed by atoms with van der Waals surface area (Å²) in [6, 6.07) is 7.88. The Hall–Kier alpha value is -1.70. The highest BCUT2D eigenvalue weighted by Gasteiger charge is 2.15. The highest BCUT2D eigenvalue weighted by Crippen LogP contribution is 2.17. The zero-order chi connectivity index (χ0) is 16.2. The molecule has 7 heteroatoms. The minimum absolute atomic E-state index is 0.628. The first-order chi connectivity index (χ1) is 11.2. The molecule has 1 aromatic heterocycles. The van der Waals surface area contributed by atoms with Crippen LogP contribution in [0.3, 0.4) is 0 Å². The molecule has 0 radical (unpaired) electrons. The first kappa shape index (κ1) is 16.2. The van der Waals surface area contributed by atoms with E-state index in [4.69, 9.17) is 17.0 Å². The number of benzene rings is 1. The van der Waals surface area contributed by atoms with Gasteiger partial charge in [0, 0.05) is 44.8 Å². The second-order valence-corrected chi connectivity index (χ2v) is 6.26. The zero-order valence-corrected chi connectivity index (χ0v) is 14.5. The first-order valence-electron chi connectivity index (χ1n) is 7.89. The maximum atomic E-state index is 5.40. The van der Waals surface area contributed by atoms with Gasteiger partial charge >= 0.3 is 0 Å². The molecule has 3 rings (SSSR count). The molecule has 1 aromatic carbocycles. The van der Waals surface area contributed by atoms with E-state index in [1.54, 1.807) is 7.11 Å². The molecular weight excluding hydrogens is 310 g/mol. The minimum Gasteiger partial charge on any atom is -0.497 e. The Bertz CT molecular complexity index is 685. The smallest absolute Gasteiger partial charge is 0.199 e. The Labute approximate surface area is 141 Å². The van der Waals surface area contributed by atoms with E-state index in [2.05, 4.69) is 27.0 Å². The highest BCUT2D eigenvalue weighted by atomic mass is 32.1. The summed E-state index contributed by atoms with van der Waals surface area (Å²) < 4.78 is 7.85. The number of aromatic amines is 1. The Morgan fingerprint density at radius 3 is 2.52 bits per heavy atom. The van der Waals surface area contributed by atoms with Gasteiger partial charge in [-0.3, -0.25) is 9.67 Å². The summed E-state index contributed by atoms with van der Waals surface area (Å²) in [6.45, 7) is 5.49. The Morgan fingerprint density at radius 2 is 1.87 bits per heavy atom. The number of hydrogen-bond acceptors (Lipinski definition) is 5. The molecule has 0 unspecified atom stereocenters. The van der Waals surface area contributed by atoms with Crippen LogP contribution in [0.25, 0.3) is 5.69 Å². The molecular formula is C16H23N5OS. The van der Waals surface area contributed by atoms with Crippen molar-refractivity contribution in [2.24, 2.45) is 0 Å². The lowest BCUT2D eigenvalue weighted by Gasteiger charge is -2.32. The molecule has 0 bridgehead atoms. The number of hydrogen-bond donors (Lipinski definition) is 1. The lowest BCUT2D eigenvalue weighted by molar-refractivity contribution is 0.155. The maximum Gasteiger partial charge on any atom is 0.199 e. The van der Waals surface area contributed by atoms with E-state index in [9.17, 15) is 0 Å². The van der Waals surface area contributed by atoms with Crippen molar-refractivity contribution in [1.29, 1.82) is 0 Å². The third kappa shape index (κ3) is 3.80. The summed E-state index contributed by atoms with van der Waals surface area (Å²) >= 11 is 5.40. The van der Waals surface area contributed by atoms with Crippen molar-refractivity contribution in [1.82, 2.24) is 24.6 Å². The van der Waals surface area contributed by atoms with Crippen molar-refractivity contribution in [2.75, 3.05) is 46.9 Å². The predicted molar refractivity (Wildman–Crippen MR) is 92.9 cm³/mol. The first-order valence-corrected chi connectivity index (χ1v) is 8.30. The molecule has 6 nitrogen and oxygen atoms in total. The Morgan fingerprint density at radius 1 is 1.17 bits per heavy atom. The van der Waals surface area contributed by atoms with Gasteiger partial charge in [0.1, 0.15) is 11.6 Å². The van der Waals surface area contributed by atoms with E-state index in [0.717, 1.165) is 56.4 Å². The van der Waals surface area contributed by atoms with Crippen molar-refractivity contribution in [3.63, 3.8) is 0 Å². The minimum atomic E-state index is 0.628. The van der Waals surface area contributed by atoms with Crippen LogP contribution in [0.2, 0.25) is 0 Å². The average molecular weight is 333 g/mol. The number of piperazine rings is 1. The van der Waals surface area contributed by atoms with Crippen molar-refractivity contribution in [3.8, 4) is 11.4 Å². The van der Waals surface area contributed by atoms with E-state index in [-0.39, 0.29) is 0 Å². The number of methoxy groups -OCH3 is 1. The fourth-order valence-corrected chi connectivity index (χ4v) is 3.08. The molecule has 2 heterocycles. The van der Waals surface area contributed by atoms with E-state index >= 15 is 0 Å². The van der Waals surface area contributed by atoms with Crippen LogP contribution in [0.4, 0.5) is 0 Å².